The largest absolute Gasteiger partial charge is 0.364 e. The van der Waals surface area contributed by atoms with Crippen molar-refractivity contribution in [3.05, 3.63) is 0 Å². The van der Waals surface area contributed by atoms with Crippen molar-refractivity contribution >= 4 is 46.6 Å². The molecule has 0 aliphatic carbocycles. The topological polar surface area (TPSA) is 64.0 Å². The highest BCUT2D eigenvalue weighted by Gasteiger charge is 1.93. The summed E-state index contributed by atoms with van der Waals surface area (Å²) < 4.78 is 0. The van der Waals surface area contributed by atoms with Crippen LogP contribution >= 0.6 is 24.4 Å². The van der Waals surface area contributed by atoms with E-state index in [2.05, 4.69) is 26.4 Å². The molecule has 90 valence electrons. The molecule has 3 N–H and O–H groups in total. The van der Waals surface area contributed by atoms with Gasteiger partial charge in [0.2, 0.25) is 0 Å². The first-order chi connectivity index (χ1) is 7.47. The molecule has 6 nitrogen and oxygen atoms in total. The van der Waals surface area contributed by atoms with Crippen LogP contribution in [0.1, 0.15) is 6.92 Å². The maximum atomic E-state index is 4.97. The van der Waals surface area contributed by atoms with Gasteiger partial charge >= 0.3 is 0 Å². The Morgan fingerprint density at radius 2 is 1.88 bits per heavy atom. The van der Waals surface area contributed by atoms with Gasteiger partial charge in [0.1, 0.15) is 0 Å². The third-order valence-corrected chi connectivity index (χ3v) is 2.13. The van der Waals surface area contributed by atoms with Crippen LogP contribution in [-0.4, -0.2) is 48.2 Å². The minimum absolute atomic E-state index is 0.449. The van der Waals surface area contributed by atoms with Crippen LogP contribution in [0.15, 0.2) is 10.2 Å². The quantitative estimate of drug-likeness (QED) is 0.373. The maximum absolute atomic E-state index is 4.97. The fraction of sp³-hybridized carbons (Fsp3) is 0.500. The Hall–Kier alpha value is -1.28. The molecule has 0 saturated carbocycles. The van der Waals surface area contributed by atoms with Gasteiger partial charge in [-0.05, 0) is 31.4 Å². The molecule has 0 aromatic heterocycles. The summed E-state index contributed by atoms with van der Waals surface area (Å²) in [4.78, 5) is 1.74. The van der Waals surface area contributed by atoms with Gasteiger partial charge < -0.3 is 10.2 Å². The fourth-order valence-corrected chi connectivity index (χ4v) is 0.603. The summed E-state index contributed by atoms with van der Waals surface area (Å²) >= 11 is 9.81. The Bertz CT molecular complexity index is 310. The molecule has 0 saturated heterocycles. The predicted octanol–water partition coefficient (Wildman–Crippen LogP) is -0.122. The van der Waals surface area contributed by atoms with Crippen molar-refractivity contribution in [1.82, 2.24) is 21.1 Å². The molecule has 0 spiro atoms. The normalized spacial score (nSPS) is 11.1. The van der Waals surface area contributed by atoms with Crippen LogP contribution < -0.4 is 16.2 Å². The fourth-order valence-electron chi connectivity index (χ4n) is 0.505. The van der Waals surface area contributed by atoms with Crippen LogP contribution in [0.25, 0.3) is 0 Å². The Kier molecular flexibility index (Phi) is 7.31. The van der Waals surface area contributed by atoms with Crippen LogP contribution in [0.4, 0.5) is 0 Å². The first-order valence-electron chi connectivity index (χ1n) is 4.49. The number of hydrazone groups is 2. The van der Waals surface area contributed by atoms with E-state index in [1.807, 2.05) is 14.1 Å². The van der Waals surface area contributed by atoms with Gasteiger partial charge in [0, 0.05) is 21.1 Å². The van der Waals surface area contributed by atoms with Crippen LogP contribution in [-0.2, 0) is 0 Å². The SMILES string of the molecule is CNC(=S)N/N=C(C)/C=N/NC(=S)N(C)C. The Balaban J connectivity index is 4.04. The van der Waals surface area contributed by atoms with E-state index >= 15 is 0 Å². The summed E-state index contributed by atoms with van der Waals surface area (Å²) in [6.45, 7) is 1.79. The Morgan fingerprint density at radius 1 is 1.25 bits per heavy atom. The second-order valence-electron chi connectivity index (χ2n) is 3.01. The van der Waals surface area contributed by atoms with Gasteiger partial charge in [-0.3, -0.25) is 10.9 Å². The van der Waals surface area contributed by atoms with Crippen molar-refractivity contribution in [2.24, 2.45) is 10.2 Å². The third kappa shape index (κ3) is 7.07. The lowest BCUT2D eigenvalue weighted by atomic mass is 10.5. The van der Waals surface area contributed by atoms with E-state index in [-0.39, 0.29) is 0 Å². The molecule has 0 heterocycles. The van der Waals surface area contributed by atoms with Gasteiger partial charge in [-0.2, -0.15) is 10.2 Å². The lowest BCUT2D eigenvalue weighted by molar-refractivity contribution is 0.606. The smallest absolute Gasteiger partial charge is 0.189 e. The third-order valence-electron chi connectivity index (χ3n) is 1.38. The van der Waals surface area contributed by atoms with Crippen molar-refractivity contribution in [3.8, 4) is 0 Å². The first kappa shape index (κ1) is 14.7. The highest BCUT2D eigenvalue weighted by atomic mass is 32.1. The van der Waals surface area contributed by atoms with E-state index in [0.29, 0.717) is 15.9 Å². The minimum atomic E-state index is 0.449. The van der Waals surface area contributed by atoms with Crippen LogP contribution in [0.3, 0.4) is 0 Å². The zero-order valence-electron chi connectivity index (χ0n) is 9.74. The molecule has 0 radical (unpaired) electrons. The zero-order chi connectivity index (χ0) is 12.6. The molecule has 0 fully saturated rings. The van der Waals surface area contributed by atoms with Crippen molar-refractivity contribution in [2.45, 2.75) is 6.92 Å². The second-order valence-corrected chi connectivity index (χ2v) is 3.81. The molecule has 0 aromatic rings. The molecule has 0 rings (SSSR count). The average Bonchev–Trinajstić information content (AvgIpc) is 2.25. The predicted molar refractivity (Wildman–Crippen MR) is 75.8 cm³/mol. The van der Waals surface area contributed by atoms with E-state index < -0.39 is 0 Å². The average molecular weight is 260 g/mol. The molecule has 0 amide bonds. The Morgan fingerprint density at radius 3 is 2.38 bits per heavy atom. The summed E-state index contributed by atoms with van der Waals surface area (Å²) in [6.07, 6.45) is 1.54. The van der Waals surface area contributed by atoms with E-state index in [0.717, 1.165) is 0 Å². The molecule has 0 atom stereocenters. The molecule has 0 bridgehead atoms. The lowest BCUT2D eigenvalue weighted by Gasteiger charge is -2.11. The van der Waals surface area contributed by atoms with Gasteiger partial charge in [0.05, 0.1) is 11.9 Å². The molecule has 16 heavy (non-hydrogen) atoms. The summed E-state index contributed by atoms with van der Waals surface area (Å²) in [5, 5.41) is 11.6. The lowest BCUT2D eigenvalue weighted by Crippen LogP contribution is -2.31. The van der Waals surface area contributed by atoms with E-state index in [9.17, 15) is 0 Å². The van der Waals surface area contributed by atoms with Gasteiger partial charge in [-0.15, -0.1) is 0 Å². The van der Waals surface area contributed by atoms with Crippen molar-refractivity contribution in [2.75, 3.05) is 21.1 Å². The summed E-state index contributed by atoms with van der Waals surface area (Å²) in [5.41, 5.74) is 6.00. The van der Waals surface area contributed by atoms with Crippen molar-refractivity contribution < 1.29 is 0 Å². The van der Waals surface area contributed by atoms with Crippen molar-refractivity contribution in [3.63, 3.8) is 0 Å². The zero-order valence-corrected chi connectivity index (χ0v) is 11.4. The number of hydrogen-bond acceptors (Lipinski definition) is 4. The number of thiocarbonyl (C=S) groups is 2. The second kappa shape index (κ2) is 7.94. The molecule has 0 aromatic carbocycles. The monoisotopic (exact) mass is 260 g/mol. The summed E-state index contributed by atoms with van der Waals surface area (Å²) in [7, 11) is 5.38. The number of hydrogen-bond donors (Lipinski definition) is 3. The Labute approximate surface area is 106 Å². The van der Waals surface area contributed by atoms with Gasteiger partial charge in [0.25, 0.3) is 0 Å². The van der Waals surface area contributed by atoms with Crippen LogP contribution in [0, 0.1) is 0 Å². The standard InChI is InChI=1S/C8H16N6S2/c1-6(11-12-7(15)9-2)5-10-13-8(16)14(3)4/h5H,1-4H3,(H,13,16)(H2,9,12,15)/b10-5+,11-6+. The molecule has 0 aliphatic rings. The molecular formula is C8H16N6S2. The molecule has 0 unspecified atom stereocenters. The number of rotatable bonds is 3. The maximum Gasteiger partial charge on any atom is 0.189 e. The van der Waals surface area contributed by atoms with Crippen molar-refractivity contribution in [1.29, 1.82) is 0 Å². The van der Waals surface area contributed by atoms with Gasteiger partial charge in [-0.1, -0.05) is 0 Å². The molecular weight excluding hydrogens is 244 g/mol. The van der Waals surface area contributed by atoms with E-state index in [1.54, 1.807) is 25.1 Å². The van der Waals surface area contributed by atoms with Gasteiger partial charge in [0.15, 0.2) is 10.2 Å². The minimum Gasteiger partial charge on any atom is -0.364 e. The van der Waals surface area contributed by atoms with Crippen LogP contribution in [0.2, 0.25) is 0 Å². The first-order valence-corrected chi connectivity index (χ1v) is 5.31. The van der Waals surface area contributed by atoms with Crippen LogP contribution in [0.5, 0.6) is 0 Å². The number of nitrogens with zero attached hydrogens (tertiary/aromatic N) is 3. The highest BCUT2D eigenvalue weighted by Crippen LogP contribution is 1.77. The molecule has 8 heteroatoms. The van der Waals surface area contributed by atoms with E-state index in [1.165, 1.54) is 0 Å². The van der Waals surface area contributed by atoms with Gasteiger partial charge in [-0.25, -0.2) is 0 Å². The highest BCUT2D eigenvalue weighted by molar-refractivity contribution is 7.80. The molecule has 0 aliphatic heterocycles. The number of nitrogens with one attached hydrogen (secondary N) is 3. The summed E-state index contributed by atoms with van der Waals surface area (Å²) in [5.74, 6) is 0. The summed E-state index contributed by atoms with van der Waals surface area (Å²) in [6, 6.07) is 0. The van der Waals surface area contributed by atoms with E-state index in [4.69, 9.17) is 24.4 Å².